The van der Waals surface area contributed by atoms with Crippen LogP contribution in [0, 0.1) is 5.41 Å². The molecule has 1 N–H and O–H groups in total. The first-order chi connectivity index (χ1) is 10.2. The quantitative estimate of drug-likeness (QED) is 0.927. The lowest BCUT2D eigenvalue weighted by Gasteiger charge is -2.44. The lowest BCUT2D eigenvalue weighted by Crippen LogP contribution is -2.48. The molecule has 1 aliphatic carbocycles. The zero-order valence-corrected chi connectivity index (χ0v) is 12.4. The highest BCUT2D eigenvalue weighted by molar-refractivity contribution is 5.93. The minimum absolute atomic E-state index is 0.167. The lowest BCUT2D eigenvalue weighted by molar-refractivity contribution is 0.00213. The van der Waals surface area contributed by atoms with E-state index in [4.69, 9.17) is 4.74 Å². The summed E-state index contributed by atoms with van der Waals surface area (Å²) < 4.78 is 5.70. The first kappa shape index (κ1) is 14.3. The maximum Gasteiger partial charge on any atom is 0.339 e. The Morgan fingerprint density at radius 1 is 1.48 bits per heavy atom. The molecule has 1 aromatic heterocycles. The van der Waals surface area contributed by atoms with E-state index < -0.39 is 5.97 Å². The zero-order valence-electron chi connectivity index (χ0n) is 12.4. The first-order valence-corrected chi connectivity index (χ1v) is 7.62. The van der Waals surface area contributed by atoms with E-state index >= 15 is 0 Å². The number of anilines is 1. The largest absolute Gasteiger partial charge is 0.478 e. The Balaban J connectivity index is 1.89. The van der Waals surface area contributed by atoms with E-state index in [1.807, 2.05) is 0 Å². The molecule has 1 saturated heterocycles. The summed E-state index contributed by atoms with van der Waals surface area (Å²) in [7, 11) is 1.79. The molecule has 0 aromatic carbocycles. The van der Waals surface area contributed by atoms with Crippen LogP contribution in [0.1, 0.15) is 42.5 Å². The van der Waals surface area contributed by atoms with Crippen LogP contribution in [-0.4, -0.2) is 42.4 Å². The summed E-state index contributed by atoms with van der Waals surface area (Å²) in [4.78, 5) is 17.9. The molecule has 5 nitrogen and oxygen atoms in total. The number of ether oxygens (including phenoxy) is 1. The number of hydrogen-bond acceptors (Lipinski definition) is 4. The average Bonchev–Trinajstić information content (AvgIpc) is 2.89. The normalized spacial score (nSPS) is 29.0. The van der Waals surface area contributed by atoms with E-state index in [2.05, 4.69) is 9.88 Å². The minimum atomic E-state index is -0.910. The van der Waals surface area contributed by atoms with Gasteiger partial charge in [-0.3, -0.25) is 0 Å². The Kier molecular flexibility index (Phi) is 3.85. The Hall–Kier alpha value is -1.62. The molecule has 2 atom stereocenters. The van der Waals surface area contributed by atoms with Gasteiger partial charge in [-0.25, -0.2) is 9.78 Å². The van der Waals surface area contributed by atoms with Crippen molar-refractivity contribution in [2.45, 2.75) is 38.2 Å². The van der Waals surface area contributed by atoms with E-state index in [-0.39, 0.29) is 11.5 Å². The number of aromatic carboxylic acids is 1. The van der Waals surface area contributed by atoms with Gasteiger partial charge in [-0.05, 0) is 37.8 Å². The van der Waals surface area contributed by atoms with Crippen LogP contribution in [-0.2, 0) is 4.74 Å². The third kappa shape index (κ3) is 2.50. The van der Waals surface area contributed by atoms with Crippen LogP contribution in [0.4, 0.5) is 5.82 Å². The van der Waals surface area contributed by atoms with Gasteiger partial charge < -0.3 is 14.7 Å². The third-order valence-corrected chi connectivity index (χ3v) is 5.03. The Labute approximate surface area is 124 Å². The zero-order chi connectivity index (χ0) is 14.9. The summed E-state index contributed by atoms with van der Waals surface area (Å²) in [5.74, 6) is -0.307. The smallest absolute Gasteiger partial charge is 0.339 e. The predicted octanol–water partition coefficient (Wildman–Crippen LogP) is 2.57. The van der Waals surface area contributed by atoms with Crippen molar-refractivity contribution in [1.82, 2.24) is 4.98 Å². The molecule has 2 fully saturated rings. The number of piperidine rings is 1. The fourth-order valence-electron chi connectivity index (χ4n) is 4.10. The second-order valence-corrected chi connectivity index (χ2v) is 6.18. The number of pyridine rings is 1. The van der Waals surface area contributed by atoms with Crippen molar-refractivity contribution in [3.05, 3.63) is 23.9 Å². The molecule has 21 heavy (non-hydrogen) atoms. The van der Waals surface area contributed by atoms with Gasteiger partial charge in [0.25, 0.3) is 0 Å². The molecule has 1 aliphatic heterocycles. The molecule has 0 radical (unpaired) electrons. The summed E-state index contributed by atoms with van der Waals surface area (Å²) in [6, 6.07) is 3.31. The number of methoxy groups -OCH3 is 1. The maximum atomic E-state index is 11.4. The summed E-state index contributed by atoms with van der Waals surface area (Å²) >= 11 is 0. The topological polar surface area (TPSA) is 62.7 Å². The molecule has 114 valence electrons. The fourth-order valence-corrected chi connectivity index (χ4v) is 4.10. The standard InChI is InChI=1S/C16H22N2O3/c1-21-13-6-2-7-16(13)8-4-10-18(11-16)14-12(15(19)20)5-3-9-17-14/h3,5,9,13H,2,4,6-8,10-11H2,1H3,(H,19,20)/t13-,16+/m1/s1. The van der Waals surface area contributed by atoms with E-state index in [1.54, 1.807) is 25.4 Å². The van der Waals surface area contributed by atoms with Crippen LogP contribution < -0.4 is 4.90 Å². The molecule has 2 aliphatic rings. The highest BCUT2D eigenvalue weighted by atomic mass is 16.5. The number of carbonyl (C=O) groups is 1. The second-order valence-electron chi connectivity index (χ2n) is 6.18. The van der Waals surface area contributed by atoms with Gasteiger partial charge in [0.15, 0.2) is 0 Å². The van der Waals surface area contributed by atoms with Gasteiger partial charge in [0, 0.05) is 31.8 Å². The Morgan fingerprint density at radius 2 is 2.29 bits per heavy atom. The predicted molar refractivity (Wildman–Crippen MR) is 79.7 cm³/mol. The molecule has 1 saturated carbocycles. The summed E-state index contributed by atoms with van der Waals surface area (Å²) in [6.07, 6.45) is 7.66. The van der Waals surface area contributed by atoms with Crippen LogP contribution in [0.5, 0.6) is 0 Å². The molecule has 0 amide bonds. The Morgan fingerprint density at radius 3 is 3.05 bits per heavy atom. The van der Waals surface area contributed by atoms with Crippen LogP contribution in [0.25, 0.3) is 0 Å². The average molecular weight is 290 g/mol. The highest BCUT2D eigenvalue weighted by Gasteiger charge is 2.46. The SMILES string of the molecule is CO[C@@H]1CCC[C@@]12CCCN(c1ncccc1C(=O)O)C2. The number of carboxylic acids is 1. The molecule has 3 rings (SSSR count). The molecule has 0 unspecified atom stereocenters. The molecule has 1 aromatic rings. The van der Waals surface area contributed by atoms with Crippen LogP contribution in [0.2, 0.25) is 0 Å². The third-order valence-electron chi connectivity index (χ3n) is 5.03. The van der Waals surface area contributed by atoms with Crippen molar-refractivity contribution in [3.8, 4) is 0 Å². The van der Waals surface area contributed by atoms with Crippen molar-refractivity contribution in [2.75, 3.05) is 25.1 Å². The van der Waals surface area contributed by atoms with Gasteiger partial charge in [0.1, 0.15) is 11.4 Å². The van der Waals surface area contributed by atoms with Crippen molar-refractivity contribution < 1.29 is 14.6 Å². The van der Waals surface area contributed by atoms with Gasteiger partial charge in [-0.2, -0.15) is 0 Å². The maximum absolute atomic E-state index is 11.4. The number of hydrogen-bond donors (Lipinski definition) is 1. The van der Waals surface area contributed by atoms with Crippen molar-refractivity contribution in [2.24, 2.45) is 5.41 Å². The number of aromatic nitrogens is 1. The Bertz CT molecular complexity index is 534. The van der Waals surface area contributed by atoms with E-state index in [0.717, 1.165) is 38.8 Å². The number of rotatable bonds is 3. The molecule has 0 bridgehead atoms. The number of carboxylic acid groups (broad SMARTS) is 1. The van der Waals surface area contributed by atoms with Gasteiger partial charge in [-0.1, -0.05) is 6.42 Å². The highest BCUT2D eigenvalue weighted by Crippen LogP contribution is 2.47. The van der Waals surface area contributed by atoms with E-state index in [1.165, 1.54) is 6.42 Å². The van der Waals surface area contributed by atoms with Crippen LogP contribution in [0.15, 0.2) is 18.3 Å². The van der Waals surface area contributed by atoms with Gasteiger partial charge >= 0.3 is 5.97 Å². The van der Waals surface area contributed by atoms with Crippen molar-refractivity contribution in [3.63, 3.8) is 0 Å². The van der Waals surface area contributed by atoms with E-state index in [9.17, 15) is 9.90 Å². The molecular weight excluding hydrogens is 268 g/mol. The van der Waals surface area contributed by atoms with Crippen LogP contribution >= 0.6 is 0 Å². The van der Waals surface area contributed by atoms with Crippen molar-refractivity contribution >= 4 is 11.8 Å². The molecule has 5 heteroatoms. The monoisotopic (exact) mass is 290 g/mol. The summed E-state index contributed by atoms with van der Waals surface area (Å²) in [6.45, 7) is 1.72. The fraction of sp³-hybridized carbons (Fsp3) is 0.625. The summed E-state index contributed by atoms with van der Waals surface area (Å²) in [5.41, 5.74) is 0.460. The lowest BCUT2D eigenvalue weighted by atomic mass is 9.76. The van der Waals surface area contributed by atoms with E-state index in [0.29, 0.717) is 11.4 Å². The molecule has 1 spiro atoms. The molecule has 2 heterocycles. The minimum Gasteiger partial charge on any atom is -0.478 e. The first-order valence-electron chi connectivity index (χ1n) is 7.62. The van der Waals surface area contributed by atoms with Gasteiger partial charge in [0.05, 0.1) is 6.10 Å². The van der Waals surface area contributed by atoms with Crippen LogP contribution in [0.3, 0.4) is 0 Å². The second kappa shape index (κ2) is 5.64. The van der Waals surface area contributed by atoms with Crippen molar-refractivity contribution in [1.29, 1.82) is 0 Å². The number of nitrogens with zero attached hydrogens (tertiary/aromatic N) is 2. The van der Waals surface area contributed by atoms with Gasteiger partial charge in [-0.15, -0.1) is 0 Å². The summed E-state index contributed by atoms with van der Waals surface area (Å²) in [5, 5.41) is 9.36. The molecular formula is C16H22N2O3. The van der Waals surface area contributed by atoms with Gasteiger partial charge in [0.2, 0.25) is 0 Å².